The summed E-state index contributed by atoms with van der Waals surface area (Å²) in [7, 11) is 3.97. The highest BCUT2D eigenvalue weighted by atomic mass is 16.1. The number of carbonyl (C=O) groups excluding carboxylic acids is 1. The average molecular weight is 325 g/mol. The van der Waals surface area contributed by atoms with Crippen molar-refractivity contribution in [3.8, 4) is 0 Å². The van der Waals surface area contributed by atoms with E-state index in [1.807, 2.05) is 43.3 Å². The number of nitrogens with zero attached hydrogens (tertiary/aromatic N) is 4. The zero-order valence-corrected chi connectivity index (χ0v) is 14.2. The minimum atomic E-state index is -0.215. The van der Waals surface area contributed by atoms with Crippen molar-refractivity contribution < 1.29 is 4.79 Å². The van der Waals surface area contributed by atoms with Crippen molar-refractivity contribution in [2.24, 2.45) is 0 Å². The van der Waals surface area contributed by atoms with E-state index in [1.165, 1.54) is 6.42 Å². The zero-order chi connectivity index (χ0) is 16.9. The molecule has 0 aliphatic carbocycles. The van der Waals surface area contributed by atoms with E-state index in [0.29, 0.717) is 11.6 Å². The lowest BCUT2D eigenvalue weighted by atomic mass is 10.1. The summed E-state index contributed by atoms with van der Waals surface area (Å²) >= 11 is 0. The largest absolute Gasteiger partial charge is 0.378 e. The maximum Gasteiger partial charge on any atom is 0.274 e. The molecule has 126 valence electrons. The summed E-state index contributed by atoms with van der Waals surface area (Å²) in [6.07, 6.45) is 5.20. The first-order valence-corrected chi connectivity index (χ1v) is 8.30. The lowest BCUT2D eigenvalue weighted by Crippen LogP contribution is -2.31. The number of benzene rings is 1. The molecule has 1 saturated heterocycles. The third-order valence-corrected chi connectivity index (χ3v) is 4.16. The monoisotopic (exact) mass is 325 g/mol. The minimum Gasteiger partial charge on any atom is -0.378 e. The van der Waals surface area contributed by atoms with Gasteiger partial charge in [-0.15, -0.1) is 0 Å². The van der Waals surface area contributed by atoms with E-state index < -0.39 is 0 Å². The second-order valence-electron chi connectivity index (χ2n) is 6.19. The average Bonchev–Trinajstić information content (AvgIpc) is 2.63. The minimum absolute atomic E-state index is 0.215. The molecule has 3 rings (SSSR count). The highest BCUT2D eigenvalue weighted by Crippen LogP contribution is 2.18. The smallest absolute Gasteiger partial charge is 0.274 e. The molecule has 1 aliphatic heterocycles. The number of amides is 1. The van der Waals surface area contributed by atoms with Crippen molar-refractivity contribution in [1.82, 2.24) is 9.97 Å². The predicted molar refractivity (Wildman–Crippen MR) is 96.8 cm³/mol. The fraction of sp³-hybridized carbons (Fsp3) is 0.389. The van der Waals surface area contributed by atoms with Crippen LogP contribution in [0.1, 0.15) is 29.8 Å². The second-order valence-corrected chi connectivity index (χ2v) is 6.19. The molecule has 0 atom stereocenters. The van der Waals surface area contributed by atoms with Gasteiger partial charge in [-0.05, 0) is 49.6 Å². The van der Waals surface area contributed by atoms with Crippen LogP contribution in [0, 0.1) is 0 Å². The van der Waals surface area contributed by atoms with Crippen molar-refractivity contribution in [2.45, 2.75) is 19.3 Å². The van der Waals surface area contributed by atoms with E-state index in [2.05, 4.69) is 20.2 Å². The van der Waals surface area contributed by atoms with Crippen molar-refractivity contribution in [3.63, 3.8) is 0 Å². The number of rotatable bonds is 4. The Morgan fingerprint density at radius 1 is 1.08 bits per heavy atom. The summed E-state index contributed by atoms with van der Waals surface area (Å²) < 4.78 is 0. The van der Waals surface area contributed by atoms with Crippen LogP contribution >= 0.6 is 0 Å². The molecule has 6 heteroatoms. The van der Waals surface area contributed by atoms with Crippen LogP contribution in [-0.2, 0) is 0 Å². The van der Waals surface area contributed by atoms with Gasteiger partial charge in [-0.25, -0.2) is 9.97 Å². The Morgan fingerprint density at radius 2 is 1.79 bits per heavy atom. The molecular formula is C18H23N5O. The number of anilines is 3. The number of hydrogen-bond donors (Lipinski definition) is 1. The van der Waals surface area contributed by atoms with Crippen molar-refractivity contribution >= 4 is 23.2 Å². The molecule has 1 aromatic heterocycles. The Balaban J connectivity index is 1.70. The second kappa shape index (κ2) is 7.29. The van der Waals surface area contributed by atoms with Crippen LogP contribution in [-0.4, -0.2) is 43.1 Å². The van der Waals surface area contributed by atoms with Crippen LogP contribution in [0.3, 0.4) is 0 Å². The summed E-state index contributed by atoms with van der Waals surface area (Å²) in [5.74, 6) is 0.429. The first-order valence-electron chi connectivity index (χ1n) is 8.30. The van der Waals surface area contributed by atoms with Crippen molar-refractivity contribution in [3.05, 3.63) is 42.2 Å². The number of carbonyl (C=O) groups is 1. The Bertz CT molecular complexity index is 693. The van der Waals surface area contributed by atoms with Gasteiger partial charge in [-0.1, -0.05) is 0 Å². The molecule has 0 radical (unpaired) electrons. The van der Waals surface area contributed by atoms with Gasteiger partial charge in [0.2, 0.25) is 5.95 Å². The number of piperidine rings is 1. The third kappa shape index (κ3) is 3.82. The maximum absolute atomic E-state index is 12.4. The van der Waals surface area contributed by atoms with Gasteiger partial charge in [-0.3, -0.25) is 4.79 Å². The molecule has 24 heavy (non-hydrogen) atoms. The summed E-state index contributed by atoms with van der Waals surface area (Å²) in [6, 6.07) is 9.36. The molecule has 1 aliphatic rings. The van der Waals surface area contributed by atoms with E-state index in [-0.39, 0.29) is 5.91 Å². The highest BCUT2D eigenvalue weighted by molar-refractivity contribution is 6.03. The van der Waals surface area contributed by atoms with Crippen LogP contribution in [0.25, 0.3) is 0 Å². The standard InChI is InChI=1S/C18H23N5O/c1-22(2)15-8-6-14(7-9-15)20-17(24)16-10-11-19-18(21-16)23-12-4-3-5-13-23/h6-11H,3-5,12-13H2,1-2H3,(H,20,24). The molecule has 6 nitrogen and oxygen atoms in total. The van der Waals surface area contributed by atoms with Gasteiger partial charge in [-0.2, -0.15) is 0 Å². The Kier molecular flexibility index (Phi) is 4.93. The van der Waals surface area contributed by atoms with E-state index in [0.717, 1.165) is 37.3 Å². The van der Waals surface area contributed by atoms with Crippen molar-refractivity contribution in [1.29, 1.82) is 0 Å². The van der Waals surface area contributed by atoms with Crippen LogP contribution in [0.5, 0.6) is 0 Å². The number of hydrogen-bond acceptors (Lipinski definition) is 5. The normalized spacial score (nSPS) is 14.3. The molecular weight excluding hydrogens is 302 g/mol. The highest BCUT2D eigenvalue weighted by Gasteiger charge is 2.16. The van der Waals surface area contributed by atoms with Gasteiger partial charge in [0, 0.05) is 44.8 Å². The van der Waals surface area contributed by atoms with Crippen LogP contribution in [0.15, 0.2) is 36.5 Å². The van der Waals surface area contributed by atoms with E-state index in [1.54, 1.807) is 12.3 Å². The Morgan fingerprint density at radius 3 is 2.46 bits per heavy atom. The Labute approximate surface area is 142 Å². The van der Waals surface area contributed by atoms with E-state index in [4.69, 9.17) is 0 Å². The summed E-state index contributed by atoms with van der Waals surface area (Å²) in [5.41, 5.74) is 2.23. The first-order chi connectivity index (χ1) is 11.6. The van der Waals surface area contributed by atoms with Gasteiger partial charge < -0.3 is 15.1 Å². The molecule has 1 amide bonds. The van der Waals surface area contributed by atoms with Gasteiger partial charge >= 0.3 is 0 Å². The summed E-state index contributed by atoms with van der Waals surface area (Å²) in [4.78, 5) is 25.3. The molecule has 0 bridgehead atoms. The zero-order valence-electron chi connectivity index (χ0n) is 14.2. The molecule has 0 saturated carbocycles. The topological polar surface area (TPSA) is 61.4 Å². The van der Waals surface area contributed by atoms with E-state index in [9.17, 15) is 4.79 Å². The molecule has 2 heterocycles. The van der Waals surface area contributed by atoms with E-state index >= 15 is 0 Å². The van der Waals surface area contributed by atoms with Gasteiger partial charge in [0.05, 0.1) is 0 Å². The SMILES string of the molecule is CN(C)c1ccc(NC(=O)c2ccnc(N3CCCCC3)n2)cc1. The van der Waals surface area contributed by atoms with Gasteiger partial charge in [0.25, 0.3) is 5.91 Å². The molecule has 1 aromatic carbocycles. The van der Waals surface area contributed by atoms with Crippen LogP contribution < -0.4 is 15.1 Å². The quantitative estimate of drug-likeness (QED) is 0.936. The van der Waals surface area contributed by atoms with Gasteiger partial charge in [0.1, 0.15) is 5.69 Å². The molecule has 0 unspecified atom stereocenters. The fourth-order valence-corrected chi connectivity index (χ4v) is 2.76. The Hall–Kier alpha value is -2.63. The molecule has 1 N–H and O–H groups in total. The predicted octanol–water partition coefficient (Wildman–Crippen LogP) is 2.79. The number of aromatic nitrogens is 2. The lowest BCUT2D eigenvalue weighted by Gasteiger charge is -2.26. The maximum atomic E-state index is 12.4. The summed E-state index contributed by atoms with van der Waals surface area (Å²) in [6.45, 7) is 1.91. The van der Waals surface area contributed by atoms with Crippen LogP contribution in [0.2, 0.25) is 0 Å². The first kappa shape index (κ1) is 16.2. The molecule has 0 spiro atoms. The summed E-state index contributed by atoms with van der Waals surface area (Å²) in [5, 5.41) is 2.89. The van der Waals surface area contributed by atoms with Crippen LogP contribution in [0.4, 0.5) is 17.3 Å². The third-order valence-electron chi connectivity index (χ3n) is 4.16. The lowest BCUT2D eigenvalue weighted by molar-refractivity contribution is 0.102. The molecule has 2 aromatic rings. The van der Waals surface area contributed by atoms with Crippen molar-refractivity contribution in [2.75, 3.05) is 42.3 Å². The van der Waals surface area contributed by atoms with Gasteiger partial charge in [0.15, 0.2) is 0 Å². The molecule has 1 fully saturated rings. The number of nitrogens with one attached hydrogen (secondary N) is 1. The fourth-order valence-electron chi connectivity index (χ4n) is 2.76.